The van der Waals surface area contributed by atoms with Crippen LogP contribution in [-0.2, 0) is 5.75 Å². The Balaban J connectivity index is 2.15. The van der Waals surface area contributed by atoms with Gasteiger partial charge >= 0.3 is 0 Å². The van der Waals surface area contributed by atoms with Gasteiger partial charge < -0.3 is 5.73 Å². The maximum Gasteiger partial charge on any atom is 0.145 e. The molecule has 0 amide bonds. The highest BCUT2D eigenvalue weighted by Gasteiger charge is 2.08. The molecule has 6 heteroatoms. The Labute approximate surface area is 120 Å². The van der Waals surface area contributed by atoms with E-state index in [1.54, 1.807) is 18.7 Å². The van der Waals surface area contributed by atoms with Gasteiger partial charge in [-0.25, -0.2) is 9.97 Å². The number of aromatic nitrogens is 2. The fourth-order valence-corrected chi connectivity index (χ4v) is 2.63. The summed E-state index contributed by atoms with van der Waals surface area (Å²) in [6.45, 7) is 1.75. The topological polar surface area (TPSA) is 75.6 Å². The molecule has 19 heavy (non-hydrogen) atoms. The molecule has 1 heterocycles. The normalized spacial score (nSPS) is 10.2. The van der Waals surface area contributed by atoms with Crippen LogP contribution in [0, 0.1) is 18.3 Å². The van der Waals surface area contributed by atoms with E-state index in [-0.39, 0.29) is 5.82 Å². The summed E-state index contributed by atoms with van der Waals surface area (Å²) in [5.74, 6) is 1.42. The van der Waals surface area contributed by atoms with E-state index in [9.17, 15) is 0 Å². The third kappa shape index (κ3) is 3.37. The van der Waals surface area contributed by atoms with Gasteiger partial charge in [0.25, 0.3) is 0 Å². The average molecular weight is 291 g/mol. The second-order valence-corrected chi connectivity index (χ2v) is 5.33. The quantitative estimate of drug-likeness (QED) is 0.879. The monoisotopic (exact) mass is 290 g/mol. The van der Waals surface area contributed by atoms with E-state index in [1.165, 1.54) is 0 Å². The van der Waals surface area contributed by atoms with Gasteiger partial charge in [0.15, 0.2) is 0 Å². The van der Waals surface area contributed by atoms with Crippen molar-refractivity contribution in [3.63, 3.8) is 0 Å². The van der Waals surface area contributed by atoms with Crippen molar-refractivity contribution in [3.05, 3.63) is 46.4 Å². The lowest BCUT2D eigenvalue weighted by Gasteiger charge is -2.05. The zero-order chi connectivity index (χ0) is 13.8. The predicted octanol–water partition coefficient (Wildman–Crippen LogP) is 3.18. The minimum atomic E-state index is 0.233. The lowest BCUT2D eigenvalue weighted by atomic mass is 10.2. The van der Waals surface area contributed by atoms with Crippen molar-refractivity contribution in [2.45, 2.75) is 17.6 Å². The average Bonchev–Trinajstić information content (AvgIpc) is 2.36. The van der Waals surface area contributed by atoms with Crippen molar-refractivity contribution in [2.24, 2.45) is 0 Å². The first-order valence-electron chi connectivity index (χ1n) is 5.51. The highest BCUT2D eigenvalue weighted by Crippen LogP contribution is 2.24. The van der Waals surface area contributed by atoms with Crippen LogP contribution in [0.2, 0.25) is 5.02 Å². The van der Waals surface area contributed by atoms with Gasteiger partial charge in [-0.1, -0.05) is 17.7 Å². The first kappa shape index (κ1) is 13.7. The van der Waals surface area contributed by atoms with Gasteiger partial charge in [0.1, 0.15) is 23.3 Å². The Bertz CT molecular complexity index is 628. The molecule has 0 radical (unpaired) electrons. The third-order valence-corrected chi connectivity index (χ3v) is 3.66. The van der Waals surface area contributed by atoms with Crippen LogP contribution in [0.3, 0.4) is 0 Å². The van der Waals surface area contributed by atoms with Gasteiger partial charge in [-0.05, 0) is 25.1 Å². The van der Waals surface area contributed by atoms with E-state index in [2.05, 4.69) is 9.97 Å². The first-order chi connectivity index (χ1) is 9.10. The molecule has 0 unspecified atom stereocenters. The summed E-state index contributed by atoms with van der Waals surface area (Å²) in [7, 11) is 0. The van der Waals surface area contributed by atoms with Crippen LogP contribution >= 0.6 is 23.4 Å². The van der Waals surface area contributed by atoms with E-state index < -0.39 is 0 Å². The second-order valence-electron chi connectivity index (χ2n) is 3.84. The Morgan fingerprint density at radius 2 is 2.21 bits per heavy atom. The minimum absolute atomic E-state index is 0.233. The number of thioether (sulfide) groups is 1. The van der Waals surface area contributed by atoms with Crippen molar-refractivity contribution >= 4 is 29.2 Å². The Morgan fingerprint density at radius 1 is 1.42 bits per heavy atom. The van der Waals surface area contributed by atoms with Crippen LogP contribution in [0.1, 0.15) is 17.1 Å². The number of aryl methyl sites for hydroxylation is 1. The largest absolute Gasteiger partial charge is 0.382 e. The van der Waals surface area contributed by atoms with Gasteiger partial charge in [0, 0.05) is 9.92 Å². The number of nitrogens with two attached hydrogens (primary N) is 1. The standard InChI is InChI=1S/C13H11ClN4S/c1-8-11(6-15)13(16)18-12(17-8)7-19-10-4-2-3-9(14)5-10/h2-5H,7H2,1H3,(H2,16,17,18). The van der Waals surface area contributed by atoms with Crippen LogP contribution in [-0.4, -0.2) is 9.97 Å². The molecule has 0 saturated heterocycles. The number of hydrogen-bond donors (Lipinski definition) is 1. The van der Waals surface area contributed by atoms with Gasteiger partial charge in [-0.3, -0.25) is 0 Å². The summed E-state index contributed by atoms with van der Waals surface area (Å²) in [6, 6.07) is 9.57. The van der Waals surface area contributed by atoms with Crippen molar-refractivity contribution in [1.29, 1.82) is 5.26 Å². The summed E-state index contributed by atoms with van der Waals surface area (Å²) < 4.78 is 0. The number of nitrogen functional groups attached to an aromatic ring is 1. The molecule has 4 nitrogen and oxygen atoms in total. The number of anilines is 1. The molecule has 0 bridgehead atoms. The summed E-state index contributed by atoms with van der Waals surface area (Å²) in [5.41, 5.74) is 6.67. The molecule has 2 aromatic rings. The molecule has 0 aliphatic heterocycles. The molecule has 0 spiro atoms. The summed E-state index contributed by atoms with van der Waals surface area (Å²) >= 11 is 7.49. The zero-order valence-corrected chi connectivity index (χ0v) is 11.8. The molecule has 0 fully saturated rings. The first-order valence-corrected chi connectivity index (χ1v) is 6.88. The maximum absolute atomic E-state index is 8.90. The minimum Gasteiger partial charge on any atom is -0.382 e. The van der Waals surface area contributed by atoms with E-state index >= 15 is 0 Å². The van der Waals surface area contributed by atoms with Crippen LogP contribution in [0.25, 0.3) is 0 Å². The molecule has 0 atom stereocenters. The van der Waals surface area contributed by atoms with E-state index in [4.69, 9.17) is 22.6 Å². The Kier molecular flexibility index (Phi) is 4.25. The smallest absolute Gasteiger partial charge is 0.145 e. The molecular formula is C13H11ClN4S. The molecule has 2 N–H and O–H groups in total. The van der Waals surface area contributed by atoms with E-state index in [0.717, 1.165) is 4.90 Å². The van der Waals surface area contributed by atoms with Crippen LogP contribution in [0.5, 0.6) is 0 Å². The van der Waals surface area contributed by atoms with Crippen LogP contribution in [0.4, 0.5) is 5.82 Å². The molecule has 2 rings (SSSR count). The van der Waals surface area contributed by atoms with Crippen LogP contribution in [0.15, 0.2) is 29.2 Å². The van der Waals surface area contributed by atoms with Crippen molar-refractivity contribution in [3.8, 4) is 6.07 Å². The lowest BCUT2D eigenvalue weighted by molar-refractivity contribution is 0.994. The molecule has 0 saturated carbocycles. The van der Waals surface area contributed by atoms with Gasteiger partial charge in [-0.2, -0.15) is 5.26 Å². The Hall–Kier alpha value is -1.77. The summed E-state index contributed by atoms with van der Waals surface area (Å²) in [6.07, 6.45) is 0. The number of nitriles is 1. The number of nitrogens with zero attached hydrogens (tertiary/aromatic N) is 3. The highest BCUT2D eigenvalue weighted by molar-refractivity contribution is 7.98. The third-order valence-electron chi connectivity index (χ3n) is 2.44. The number of rotatable bonds is 3. The molecular weight excluding hydrogens is 280 g/mol. The van der Waals surface area contributed by atoms with Gasteiger partial charge in [0.2, 0.25) is 0 Å². The van der Waals surface area contributed by atoms with Crippen molar-refractivity contribution in [1.82, 2.24) is 9.97 Å². The number of benzene rings is 1. The van der Waals surface area contributed by atoms with E-state index in [0.29, 0.717) is 27.9 Å². The molecule has 0 aliphatic rings. The predicted molar refractivity (Wildman–Crippen MR) is 76.9 cm³/mol. The van der Waals surface area contributed by atoms with Crippen molar-refractivity contribution < 1.29 is 0 Å². The van der Waals surface area contributed by atoms with Crippen LogP contribution < -0.4 is 5.73 Å². The summed E-state index contributed by atoms with van der Waals surface area (Å²) in [4.78, 5) is 9.45. The van der Waals surface area contributed by atoms with Gasteiger partial charge in [-0.15, -0.1) is 11.8 Å². The maximum atomic E-state index is 8.90. The zero-order valence-electron chi connectivity index (χ0n) is 10.2. The Morgan fingerprint density at radius 3 is 2.84 bits per heavy atom. The number of hydrogen-bond acceptors (Lipinski definition) is 5. The lowest BCUT2D eigenvalue weighted by Crippen LogP contribution is -2.04. The van der Waals surface area contributed by atoms with Crippen molar-refractivity contribution in [2.75, 3.05) is 5.73 Å². The van der Waals surface area contributed by atoms with E-state index in [1.807, 2.05) is 30.3 Å². The molecule has 1 aromatic heterocycles. The van der Waals surface area contributed by atoms with Gasteiger partial charge in [0.05, 0.1) is 11.4 Å². The summed E-state index contributed by atoms with van der Waals surface area (Å²) in [5, 5.41) is 9.59. The fourth-order valence-electron chi connectivity index (χ4n) is 1.56. The fraction of sp³-hybridized carbons (Fsp3) is 0.154. The molecule has 0 aliphatic carbocycles. The number of halogens is 1. The second kappa shape index (κ2) is 5.91. The molecule has 1 aromatic carbocycles. The highest BCUT2D eigenvalue weighted by atomic mass is 35.5. The SMILES string of the molecule is Cc1nc(CSc2cccc(Cl)c2)nc(N)c1C#N. The molecule has 96 valence electrons.